The van der Waals surface area contributed by atoms with Gasteiger partial charge in [-0.15, -0.1) is 5.10 Å². The van der Waals surface area contributed by atoms with Gasteiger partial charge in [-0.1, -0.05) is 63.2 Å². The van der Waals surface area contributed by atoms with Crippen molar-refractivity contribution in [2.75, 3.05) is 14.2 Å². The summed E-state index contributed by atoms with van der Waals surface area (Å²) in [6.07, 6.45) is 2.57. The van der Waals surface area contributed by atoms with Gasteiger partial charge in [-0.25, -0.2) is 9.67 Å². The zero-order valence-electron chi connectivity index (χ0n) is 21.0. The highest BCUT2D eigenvalue weighted by Crippen LogP contribution is 2.28. The molecule has 5 rings (SSSR count). The van der Waals surface area contributed by atoms with Gasteiger partial charge in [0.1, 0.15) is 0 Å². The molecule has 2 aromatic heterocycles. The van der Waals surface area contributed by atoms with Crippen LogP contribution in [0.3, 0.4) is 0 Å². The lowest BCUT2D eigenvalue weighted by atomic mass is 10.1. The summed E-state index contributed by atoms with van der Waals surface area (Å²) in [5.74, 6) is 1.88. The smallest absolute Gasteiger partial charge is 0.262 e. The van der Waals surface area contributed by atoms with E-state index in [9.17, 15) is 4.79 Å². The largest absolute Gasteiger partial charge is 0.493 e. The minimum atomic E-state index is -0.0579. The number of nitrogens with zero attached hydrogens (tertiary/aromatic N) is 5. The Labute approximate surface area is 232 Å². The van der Waals surface area contributed by atoms with E-state index in [0.29, 0.717) is 52.8 Å². The van der Waals surface area contributed by atoms with Gasteiger partial charge in [0, 0.05) is 23.0 Å². The molecule has 3 aromatic carbocycles. The Balaban J connectivity index is 1.36. The molecule has 0 aliphatic rings. The summed E-state index contributed by atoms with van der Waals surface area (Å²) in [6.45, 7) is 1.11. The van der Waals surface area contributed by atoms with Crippen LogP contribution in [0.1, 0.15) is 16.8 Å². The summed E-state index contributed by atoms with van der Waals surface area (Å²) in [4.78, 5) is 18.3. The molecule has 0 atom stereocenters. The summed E-state index contributed by atoms with van der Waals surface area (Å²) in [5, 5.41) is 9.85. The Bertz CT molecular complexity index is 1620. The minimum absolute atomic E-state index is 0.0579. The average Bonchev–Trinajstić information content (AvgIpc) is 3.39. The van der Waals surface area contributed by atoms with Crippen LogP contribution >= 0.6 is 27.7 Å². The van der Waals surface area contributed by atoms with E-state index in [4.69, 9.17) is 14.5 Å². The van der Waals surface area contributed by atoms with Gasteiger partial charge in [-0.2, -0.15) is 0 Å². The van der Waals surface area contributed by atoms with Crippen LogP contribution in [0.25, 0.3) is 10.9 Å². The Morgan fingerprint density at radius 2 is 1.71 bits per heavy atom. The number of benzene rings is 3. The molecule has 8 nitrogen and oxygen atoms in total. The van der Waals surface area contributed by atoms with E-state index < -0.39 is 0 Å². The lowest BCUT2D eigenvalue weighted by molar-refractivity contribution is 0.354. The van der Waals surface area contributed by atoms with Gasteiger partial charge < -0.3 is 9.47 Å². The molecule has 0 aliphatic carbocycles. The molecule has 194 valence electrons. The van der Waals surface area contributed by atoms with Crippen molar-refractivity contribution in [3.63, 3.8) is 0 Å². The van der Waals surface area contributed by atoms with E-state index in [-0.39, 0.29) is 5.56 Å². The fraction of sp³-hybridized carbons (Fsp3) is 0.214. The molecule has 0 saturated carbocycles. The first-order valence-corrected chi connectivity index (χ1v) is 13.8. The molecule has 0 fully saturated rings. The Morgan fingerprint density at radius 1 is 0.947 bits per heavy atom. The normalized spacial score (nSPS) is 11.1. The van der Waals surface area contributed by atoms with Gasteiger partial charge in [0.15, 0.2) is 16.7 Å². The third kappa shape index (κ3) is 5.92. The van der Waals surface area contributed by atoms with Gasteiger partial charge in [0.25, 0.3) is 5.56 Å². The predicted octanol–water partition coefficient (Wildman–Crippen LogP) is 5.35. The van der Waals surface area contributed by atoms with Crippen molar-refractivity contribution in [1.29, 1.82) is 0 Å². The van der Waals surface area contributed by atoms with Crippen molar-refractivity contribution in [2.24, 2.45) is 0 Å². The molecular weight excluding hydrogens is 566 g/mol. The van der Waals surface area contributed by atoms with Crippen molar-refractivity contribution in [3.8, 4) is 11.5 Å². The molecule has 0 saturated heterocycles. The quantitative estimate of drug-likeness (QED) is 0.160. The number of hydrogen-bond donors (Lipinski definition) is 0. The van der Waals surface area contributed by atoms with Crippen molar-refractivity contribution in [2.45, 2.75) is 30.4 Å². The first kappa shape index (κ1) is 26.0. The van der Waals surface area contributed by atoms with E-state index >= 15 is 0 Å². The second-order valence-corrected chi connectivity index (χ2v) is 10.5. The van der Waals surface area contributed by atoms with Gasteiger partial charge in [0.05, 0.1) is 37.4 Å². The zero-order valence-corrected chi connectivity index (χ0v) is 23.4. The summed E-state index contributed by atoms with van der Waals surface area (Å²) in [6, 6.07) is 21.4. The molecular formula is C28H26BrN5O3S. The Kier molecular flexibility index (Phi) is 8.09. The minimum Gasteiger partial charge on any atom is -0.493 e. The molecule has 10 heteroatoms. The molecule has 0 aliphatic heterocycles. The van der Waals surface area contributed by atoms with Gasteiger partial charge in [-0.05, 0) is 53.9 Å². The zero-order chi connectivity index (χ0) is 26.5. The van der Waals surface area contributed by atoms with E-state index in [2.05, 4.69) is 38.4 Å². The Morgan fingerprint density at radius 3 is 2.50 bits per heavy atom. The van der Waals surface area contributed by atoms with Gasteiger partial charge in [0.2, 0.25) is 0 Å². The van der Waals surface area contributed by atoms with Crippen LogP contribution in [0.4, 0.5) is 0 Å². The molecule has 0 N–H and O–H groups in total. The number of para-hydroxylation sites is 1. The van der Waals surface area contributed by atoms with Crippen molar-refractivity contribution >= 4 is 38.6 Å². The molecule has 0 bridgehead atoms. The summed E-state index contributed by atoms with van der Waals surface area (Å²) >= 11 is 4.95. The lowest BCUT2D eigenvalue weighted by Gasteiger charge is -2.14. The number of hydrogen-bond acceptors (Lipinski definition) is 7. The predicted molar refractivity (Wildman–Crippen MR) is 152 cm³/mol. The first-order valence-electron chi connectivity index (χ1n) is 12.0. The summed E-state index contributed by atoms with van der Waals surface area (Å²) < 4.78 is 15.4. The SMILES string of the molecule is COc1ccc(CCn2c(SCc3cn(Cc4ccc(Br)cc4)nn3)nc3ccccc3c2=O)cc1OC. The molecule has 0 spiro atoms. The maximum atomic E-state index is 13.5. The number of aromatic nitrogens is 5. The number of rotatable bonds is 10. The van der Waals surface area contributed by atoms with E-state index in [1.807, 2.05) is 65.5 Å². The van der Waals surface area contributed by atoms with Crippen molar-refractivity contribution in [3.05, 3.63) is 105 Å². The van der Waals surface area contributed by atoms with E-state index in [1.165, 1.54) is 11.8 Å². The standard InChI is InChI=1S/C28H26BrN5O3S/c1-36-25-12-9-19(15-26(25)37-2)13-14-34-27(35)23-5-3-4-6-24(23)30-28(34)38-18-22-17-33(32-31-22)16-20-7-10-21(29)11-8-20/h3-12,15,17H,13-14,16,18H2,1-2H3. The van der Waals surface area contributed by atoms with E-state index in [0.717, 1.165) is 21.3 Å². The monoisotopic (exact) mass is 591 g/mol. The first-order chi connectivity index (χ1) is 18.5. The second kappa shape index (κ2) is 11.8. The summed E-state index contributed by atoms with van der Waals surface area (Å²) in [7, 11) is 3.23. The lowest BCUT2D eigenvalue weighted by Crippen LogP contribution is -2.24. The van der Waals surface area contributed by atoms with Crippen LogP contribution in [0, 0.1) is 0 Å². The molecule has 2 heterocycles. The highest BCUT2D eigenvalue weighted by molar-refractivity contribution is 9.10. The van der Waals surface area contributed by atoms with Crippen LogP contribution in [-0.2, 0) is 25.3 Å². The second-order valence-electron chi connectivity index (χ2n) is 8.63. The maximum Gasteiger partial charge on any atom is 0.262 e. The fourth-order valence-electron chi connectivity index (χ4n) is 4.13. The fourth-order valence-corrected chi connectivity index (χ4v) is 5.30. The number of halogens is 1. The van der Waals surface area contributed by atoms with E-state index in [1.54, 1.807) is 18.8 Å². The number of aryl methyl sites for hydroxylation is 1. The molecule has 0 amide bonds. The van der Waals surface area contributed by atoms with Crippen LogP contribution in [0.5, 0.6) is 11.5 Å². The number of ether oxygens (including phenoxy) is 2. The average molecular weight is 593 g/mol. The maximum absolute atomic E-state index is 13.5. The topological polar surface area (TPSA) is 84.1 Å². The summed E-state index contributed by atoms with van der Waals surface area (Å²) in [5.41, 5.74) is 3.62. The number of fused-ring (bicyclic) bond motifs is 1. The van der Waals surface area contributed by atoms with Gasteiger partial charge in [-0.3, -0.25) is 9.36 Å². The third-order valence-corrected chi connectivity index (χ3v) is 7.63. The highest BCUT2D eigenvalue weighted by atomic mass is 79.9. The highest BCUT2D eigenvalue weighted by Gasteiger charge is 2.14. The van der Waals surface area contributed by atoms with Crippen LogP contribution in [0.2, 0.25) is 0 Å². The molecule has 0 unspecified atom stereocenters. The van der Waals surface area contributed by atoms with Gasteiger partial charge >= 0.3 is 0 Å². The third-order valence-electron chi connectivity index (χ3n) is 6.09. The van der Waals surface area contributed by atoms with Crippen LogP contribution < -0.4 is 15.0 Å². The van der Waals surface area contributed by atoms with Crippen molar-refractivity contribution in [1.82, 2.24) is 24.5 Å². The Hall–Kier alpha value is -3.63. The molecule has 38 heavy (non-hydrogen) atoms. The van der Waals surface area contributed by atoms with Crippen molar-refractivity contribution < 1.29 is 9.47 Å². The van der Waals surface area contributed by atoms with Crippen LogP contribution in [0.15, 0.2) is 87.4 Å². The molecule has 0 radical (unpaired) electrons. The number of thioether (sulfide) groups is 1. The molecule has 5 aromatic rings. The number of methoxy groups -OCH3 is 2. The van der Waals surface area contributed by atoms with Crippen LogP contribution in [-0.4, -0.2) is 38.8 Å².